The van der Waals surface area contributed by atoms with E-state index in [1.165, 1.54) is 54.8 Å². The van der Waals surface area contributed by atoms with Crippen molar-refractivity contribution in [1.29, 1.82) is 0 Å². The molecule has 1 N–H and O–H groups in total. The second-order valence-corrected chi connectivity index (χ2v) is 7.57. The van der Waals surface area contributed by atoms with Gasteiger partial charge in [0.2, 0.25) is 0 Å². The molecule has 0 atom stereocenters. The predicted octanol–water partition coefficient (Wildman–Crippen LogP) is 7.81. The Hall–Kier alpha value is -3.84. The summed E-state index contributed by atoms with van der Waals surface area (Å²) in [6.07, 6.45) is 0. The molecule has 0 saturated carbocycles. The van der Waals surface area contributed by atoms with E-state index in [4.69, 9.17) is 0 Å². The highest BCUT2D eigenvalue weighted by Crippen LogP contribution is 2.31. The second kappa shape index (κ2) is 6.35. The first-order chi connectivity index (χ1) is 14.3. The van der Waals surface area contributed by atoms with Gasteiger partial charge in [-0.1, -0.05) is 84.9 Å². The lowest BCUT2D eigenvalue weighted by molar-refractivity contribution is 1.54. The molecule has 1 heteroatoms. The Morgan fingerprint density at radius 2 is 0.966 bits per heavy atom. The van der Waals surface area contributed by atoms with Crippen molar-refractivity contribution in [3.63, 3.8) is 0 Å². The van der Waals surface area contributed by atoms with Gasteiger partial charge in [0.25, 0.3) is 0 Å². The monoisotopic (exact) mass is 369 g/mol. The fourth-order valence-electron chi connectivity index (χ4n) is 4.25. The molecule has 0 aliphatic rings. The maximum absolute atomic E-state index is 3.50. The van der Waals surface area contributed by atoms with E-state index in [0.29, 0.717) is 0 Å². The normalized spacial score (nSPS) is 11.4. The second-order valence-electron chi connectivity index (χ2n) is 7.57. The largest absolute Gasteiger partial charge is 0.355 e. The van der Waals surface area contributed by atoms with Crippen LogP contribution in [0.5, 0.6) is 0 Å². The summed E-state index contributed by atoms with van der Waals surface area (Å²) in [6, 6.07) is 39.2. The van der Waals surface area contributed by atoms with E-state index in [1.807, 2.05) is 0 Å². The summed E-state index contributed by atoms with van der Waals surface area (Å²) in [5.74, 6) is 0. The van der Waals surface area contributed by atoms with Crippen molar-refractivity contribution in [2.45, 2.75) is 0 Å². The fraction of sp³-hybridized carbons (Fsp3) is 0. The zero-order valence-corrected chi connectivity index (χ0v) is 15.9. The molecule has 0 radical (unpaired) electrons. The Morgan fingerprint density at radius 3 is 1.79 bits per heavy atom. The van der Waals surface area contributed by atoms with Gasteiger partial charge in [-0.15, -0.1) is 0 Å². The van der Waals surface area contributed by atoms with Crippen LogP contribution in [-0.4, -0.2) is 4.98 Å². The van der Waals surface area contributed by atoms with Crippen LogP contribution in [0.3, 0.4) is 0 Å². The smallest absolute Gasteiger partial charge is 0.0465 e. The van der Waals surface area contributed by atoms with Crippen LogP contribution in [0.1, 0.15) is 0 Å². The van der Waals surface area contributed by atoms with Crippen LogP contribution in [0.2, 0.25) is 0 Å². The Morgan fingerprint density at radius 1 is 0.379 bits per heavy atom. The molecule has 0 saturated heterocycles. The fourth-order valence-corrected chi connectivity index (χ4v) is 4.25. The number of H-pyrrole nitrogens is 1. The van der Waals surface area contributed by atoms with Gasteiger partial charge < -0.3 is 4.98 Å². The summed E-state index contributed by atoms with van der Waals surface area (Å²) in [5.41, 5.74) is 7.35. The van der Waals surface area contributed by atoms with Crippen LogP contribution in [0, 0.1) is 0 Å². The Balaban J connectivity index is 1.41. The van der Waals surface area contributed by atoms with E-state index in [2.05, 4.69) is 114 Å². The van der Waals surface area contributed by atoms with Crippen LogP contribution in [0.4, 0.5) is 0 Å². The van der Waals surface area contributed by atoms with Gasteiger partial charge in [-0.05, 0) is 57.3 Å². The number of para-hydroxylation sites is 1. The molecule has 0 aliphatic heterocycles. The molecule has 0 fully saturated rings. The molecule has 1 nitrogen and oxygen atoms in total. The third-order valence-corrected chi connectivity index (χ3v) is 5.81. The predicted molar refractivity (Wildman–Crippen MR) is 124 cm³/mol. The number of hydrogen-bond acceptors (Lipinski definition) is 0. The summed E-state index contributed by atoms with van der Waals surface area (Å²) in [7, 11) is 0. The van der Waals surface area contributed by atoms with Gasteiger partial charge in [0.1, 0.15) is 0 Å². The molecular formula is C28H19N. The summed E-state index contributed by atoms with van der Waals surface area (Å²) in [6.45, 7) is 0. The highest BCUT2D eigenvalue weighted by atomic mass is 14.7. The van der Waals surface area contributed by atoms with Crippen molar-refractivity contribution in [3.05, 3.63) is 109 Å². The standard InChI is InChI=1S/C28H19N/c1-2-6-22-17-23(14-13-19(22)5-1)20-9-11-21(12-10-20)24-15-16-28-26(18-24)25-7-3-4-8-27(25)29-28/h1-18,29H. The lowest BCUT2D eigenvalue weighted by Crippen LogP contribution is -1.82. The summed E-state index contributed by atoms with van der Waals surface area (Å²) < 4.78 is 0. The van der Waals surface area contributed by atoms with Crippen LogP contribution in [0.25, 0.3) is 54.8 Å². The lowest BCUT2D eigenvalue weighted by atomic mass is 9.97. The lowest BCUT2D eigenvalue weighted by Gasteiger charge is -2.07. The average Bonchev–Trinajstić information content (AvgIpc) is 3.17. The average molecular weight is 369 g/mol. The Labute approximate surface area is 169 Å². The van der Waals surface area contributed by atoms with Crippen molar-refractivity contribution in [2.75, 3.05) is 0 Å². The first kappa shape index (κ1) is 16.1. The first-order valence-electron chi connectivity index (χ1n) is 9.95. The molecule has 6 aromatic rings. The third-order valence-electron chi connectivity index (χ3n) is 5.81. The molecule has 29 heavy (non-hydrogen) atoms. The van der Waals surface area contributed by atoms with Gasteiger partial charge in [0, 0.05) is 21.8 Å². The molecule has 6 rings (SSSR count). The number of hydrogen-bond donors (Lipinski definition) is 1. The zero-order valence-electron chi connectivity index (χ0n) is 15.9. The van der Waals surface area contributed by atoms with E-state index in [9.17, 15) is 0 Å². The minimum atomic E-state index is 1.18. The van der Waals surface area contributed by atoms with Crippen LogP contribution >= 0.6 is 0 Å². The van der Waals surface area contributed by atoms with Gasteiger partial charge in [0.15, 0.2) is 0 Å². The van der Waals surface area contributed by atoms with Crippen molar-refractivity contribution in [1.82, 2.24) is 4.98 Å². The molecule has 1 heterocycles. The van der Waals surface area contributed by atoms with Crippen LogP contribution < -0.4 is 0 Å². The Kier molecular flexibility index (Phi) is 3.54. The van der Waals surface area contributed by atoms with Crippen molar-refractivity contribution in [2.24, 2.45) is 0 Å². The summed E-state index contributed by atoms with van der Waals surface area (Å²) in [4.78, 5) is 3.50. The van der Waals surface area contributed by atoms with Crippen molar-refractivity contribution < 1.29 is 0 Å². The number of fused-ring (bicyclic) bond motifs is 4. The number of rotatable bonds is 2. The molecule has 0 amide bonds. The van der Waals surface area contributed by atoms with Crippen molar-refractivity contribution in [3.8, 4) is 22.3 Å². The van der Waals surface area contributed by atoms with E-state index in [-0.39, 0.29) is 0 Å². The highest BCUT2D eigenvalue weighted by molar-refractivity contribution is 6.08. The maximum Gasteiger partial charge on any atom is 0.0465 e. The molecule has 0 spiro atoms. The SMILES string of the molecule is c1ccc2cc(-c3ccc(-c4ccc5[nH]c6ccccc6c5c4)cc3)ccc2c1. The van der Waals surface area contributed by atoms with Gasteiger partial charge in [-0.3, -0.25) is 0 Å². The summed E-state index contributed by atoms with van der Waals surface area (Å²) in [5, 5.41) is 5.10. The van der Waals surface area contributed by atoms with E-state index in [0.717, 1.165) is 0 Å². The number of aromatic amines is 1. The van der Waals surface area contributed by atoms with Crippen molar-refractivity contribution >= 4 is 32.6 Å². The maximum atomic E-state index is 3.50. The van der Waals surface area contributed by atoms with E-state index in [1.54, 1.807) is 0 Å². The van der Waals surface area contributed by atoms with Gasteiger partial charge in [-0.25, -0.2) is 0 Å². The summed E-state index contributed by atoms with van der Waals surface area (Å²) >= 11 is 0. The first-order valence-corrected chi connectivity index (χ1v) is 9.95. The molecule has 0 aliphatic carbocycles. The van der Waals surface area contributed by atoms with Crippen LogP contribution in [-0.2, 0) is 0 Å². The Bertz CT molecular complexity index is 1490. The molecular weight excluding hydrogens is 350 g/mol. The topological polar surface area (TPSA) is 15.8 Å². The molecule has 0 unspecified atom stereocenters. The van der Waals surface area contributed by atoms with Gasteiger partial charge >= 0.3 is 0 Å². The molecule has 1 aromatic heterocycles. The number of aromatic nitrogens is 1. The number of nitrogens with one attached hydrogen (secondary N) is 1. The van der Waals surface area contributed by atoms with E-state index >= 15 is 0 Å². The van der Waals surface area contributed by atoms with Gasteiger partial charge in [-0.2, -0.15) is 0 Å². The molecule has 0 bridgehead atoms. The minimum Gasteiger partial charge on any atom is -0.355 e. The highest BCUT2D eigenvalue weighted by Gasteiger charge is 2.06. The quantitative estimate of drug-likeness (QED) is 0.320. The zero-order chi connectivity index (χ0) is 19.2. The number of benzene rings is 5. The molecule has 5 aromatic carbocycles. The molecule has 136 valence electrons. The van der Waals surface area contributed by atoms with E-state index < -0.39 is 0 Å². The van der Waals surface area contributed by atoms with Gasteiger partial charge in [0.05, 0.1) is 0 Å². The minimum absolute atomic E-state index is 1.18. The van der Waals surface area contributed by atoms with Crippen LogP contribution in [0.15, 0.2) is 109 Å². The third kappa shape index (κ3) is 2.71.